The van der Waals surface area contributed by atoms with Gasteiger partial charge in [0.25, 0.3) is 0 Å². The van der Waals surface area contributed by atoms with Crippen molar-refractivity contribution in [3.05, 3.63) is 28.2 Å². The number of rotatable bonds is 3. The first-order valence-electron chi connectivity index (χ1n) is 5.68. The molecule has 0 spiro atoms. The van der Waals surface area contributed by atoms with Crippen LogP contribution in [0.2, 0.25) is 0 Å². The lowest BCUT2D eigenvalue weighted by Crippen LogP contribution is -2.19. The molecule has 0 aromatic heterocycles. The largest absolute Gasteiger partial charge is 0.484 e. The molecule has 1 fully saturated rings. The molecule has 1 aromatic rings. The molecule has 0 aliphatic carbocycles. The van der Waals surface area contributed by atoms with Crippen LogP contribution < -0.4 is 10.1 Å². The first kappa shape index (κ1) is 13.7. The van der Waals surface area contributed by atoms with Crippen molar-refractivity contribution in [3.8, 4) is 5.75 Å². The van der Waals surface area contributed by atoms with E-state index in [1.807, 2.05) is 0 Å². The summed E-state index contributed by atoms with van der Waals surface area (Å²) in [6, 6.07) is 5.24. The van der Waals surface area contributed by atoms with Gasteiger partial charge in [0.2, 0.25) is 0 Å². The molecule has 0 saturated carbocycles. The van der Waals surface area contributed by atoms with E-state index in [-0.39, 0.29) is 11.8 Å². The van der Waals surface area contributed by atoms with Crippen LogP contribution in [0.3, 0.4) is 0 Å². The van der Waals surface area contributed by atoms with Crippen LogP contribution in [0.15, 0.2) is 22.7 Å². The highest BCUT2D eigenvalue weighted by Crippen LogP contribution is 2.32. The number of hydrogen-bond acceptors (Lipinski definition) is 2. The van der Waals surface area contributed by atoms with E-state index in [1.54, 1.807) is 18.2 Å². The van der Waals surface area contributed by atoms with Gasteiger partial charge in [-0.2, -0.15) is 13.2 Å². The number of hydrogen-bond donors (Lipinski definition) is 1. The quantitative estimate of drug-likeness (QED) is 0.913. The Hall–Kier alpha value is -0.750. The van der Waals surface area contributed by atoms with Crippen molar-refractivity contribution < 1.29 is 17.9 Å². The van der Waals surface area contributed by atoms with Crippen molar-refractivity contribution >= 4 is 15.9 Å². The third-order valence-corrected chi connectivity index (χ3v) is 3.50. The summed E-state index contributed by atoms with van der Waals surface area (Å²) in [6.07, 6.45) is -2.15. The van der Waals surface area contributed by atoms with Crippen LogP contribution in [0.25, 0.3) is 0 Å². The molecule has 1 N–H and O–H groups in total. The van der Waals surface area contributed by atoms with Crippen molar-refractivity contribution in [2.75, 3.05) is 13.2 Å². The average molecular weight is 324 g/mol. The second-order valence-corrected chi connectivity index (χ2v) is 5.09. The summed E-state index contributed by atoms with van der Waals surface area (Å²) in [5, 5.41) is 3.34. The predicted molar refractivity (Wildman–Crippen MR) is 65.7 cm³/mol. The minimum absolute atomic E-state index is 0.223. The van der Waals surface area contributed by atoms with E-state index in [9.17, 15) is 13.2 Å². The molecule has 1 heterocycles. The Bertz CT molecular complexity index is 416. The Labute approximate surface area is 112 Å². The number of ether oxygens (including phenoxy) is 1. The molecule has 0 radical (unpaired) electrons. The van der Waals surface area contributed by atoms with E-state index >= 15 is 0 Å². The summed E-state index contributed by atoms with van der Waals surface area (Å²) in [5.41, 5.74) is 1.06. The van der Waals surface area contributed by atoms with Gasteiger partial charge in [-0.3, -0.25) is 0 Å². The Morgan fingerprint density at radius 2 is 2.17 bits per heavy atom. The summed E-state index contributed by atoms with van der Waals surface area (Å²) in [6.45, 7) is -0.288. The van der Waals surface area contributed by atoms with Crippen LogP contribution in [-0.4, -0.2) is 19.3 Å². The van der Waals surface area contributed by atoms with Crippen molar-refractivity contribution in [3.63, 3.8) is 0 Å². The van der Waals surface area contributed by atoms with Crippen LogP contribution in [0, 0.1) is 0 Å². The van der Waals surface area contributed by atoms with Gasteiger partial charge in [-0.15, -0.1) is 0 Å². The number of halogens is 4. The number of benzene rings is 1. The fourth-order valence-electron chi connectivity index (χ4n) is 2.00. The minimum atomic E-state index is -4.31. The van der Waals surface area contributed by atoms with E-state index in [1.165, 1.54) is 0 Å². The molecule has 6 heteroatoms. The first-order chi connectivity index (χ1) is 8.46. The molecule has 1 aliphatic heterocycles. The Kier molecular flexibility index (Phi) is 4.17. The first-order valence-corrected chi connectivity index (χ1v) is 6.47. The summed E-state index contributed by atoms with van der Waals surface area (Å²) in [5.74, 6) is 0.223. The lowest BCUT2D eigenvalue weighted by atomic mass is 10.1. The maximum absolute atomic E-state index is 12.0. The van der Waals surface area contributed by atoms with Gasteiger partial charge in [-0.1, -0.05) is 22.0 Å². The lowest BCUT2D eigenvalue weighted by molar-refractivity contribution is -0.153. The van der Waals surface area contributed by atoms with Crippen molar-refractivity contribution in [1.29, 1.82) is 0 Å². The number of alkyl halides is 3. The SMILES string of the molecule is FC(F)(F)COc1ccc(C2CCCN2)c(Br)c1. The van der Waals surface area contributed by atoms with Gasteiger partial charge in [0, 0.05) is 10.5 Å². The molecule has 0 bridgehead atoms. The van der Waals surface area contributed by atoms with Gasteiger partial charge < -0.3 is 10.1 Å². The topological polar surface area (TPSA) is 21.3 Å². The molecule has 1 saturated heterocycles. The Balaban J connectivity index is 2.05. The highest BCUT2D eigenvalue weighted by atomic mass is 79.9. The molecule has 1 atom stereocenters. The monoisotopic (exact) mass is 323 g/mol. The molecule has 18 heavy (non-hydrogen) atoms. The maximum Gasteiger partial charge on any atom is 0.422 e. The van der Waals surface area contributed by atoms with E-state index in [2.05, 4.69) is 21.2 Å². The van der Waals surface area contributed by atoms with Gasteiger partial charge in [0.05, 0.1) is 0 Å². The summed E-state index contributed by atoms with van der Waals surface area (Å²) >= 11 is 3.38. The molecule has 1 aliphatic rings. The molecule has 1 unspecified atom stereocenters. The minimum Gasteiger partial charge on any atom is -0.484 e. The van der Waals surface area contributed by atoms with E-state index in [0.29, 0.717) is 0 Å². The van der Waals surface area contributed by atoms with Crippen molar-refractivity contribution in [2.24, 2.45) is 0 Å². The second-order valence-electron chi connectivity index (χ2n) is 4.24. The summed E-state index contributed by atoms with van der Waals surface area (Å²) < 4.78 is 41.5. The highest BCUT2D eigenvalue weighted by molar-refractivity contribution is 9.10. The average Bonchev–Trinajstić information content (AvgIpc) is 2.79. The summed E-state index contributed by atoms with van der Waals surface area (Å²) in [4.78, 5) is 0. The fourth-order valence-corrected chi connectivity index (χ4v) is 2.63. The van der Waals surface area contributed by atoms with Crippen LogP contribution in [0.1, 0.15) is 24.4 Å². The van der Waals surface area contributed by atoms with Gasteiger partial charge in [-0.25, -0.2) is 0 Å². The zero-order valence-electron chi connectivity index (χ0n) is 9.56. The van der Waals surface area contributed by atoms with Gasteiger partial charge >= 0.3 is 6.18 Å². The molecule has 0 amide bonds. The Morgan fingerprint density at radius 1 is 1.39 bits per heavy atom. The smallest absolute Gasteiger partial charge is 0.422 e. The summed E-state index contributed by atoms with van der Waals surface area (Å²) in [7, 11) is 0. The molecule has 1 aromatic carbocycles. The molecule has 100 valence electrons. The van der Waals surface area contributed by atoms with Crippen LogP contribution in [-0.2, 0) is 0 Å². The molecular formula is C12H13BrF3NO. The van der Waals surface area contributed by atoms with E-state index in [0.717, 1.165) is 29.4 Å². The zero-order valence-corrected chi connectivity index (χ0v) is 11.1. The van der Waals surface area contributed by atoms with Gasteiger partial charge in [0.1, 0.15) is 5.75 Å². The van der Waals surface area contributed by atoms with Crippen LogP contribution in [0.4, 0.5) is 13.2 Å². The second kappa shape index (κ2) is 5.48. The lowest BCUT2D eigenvalue weighted by Gasteiger charge is -2.15. The zero-order chi connectivity index (χ0) is 13.2. The molecule has 2 nitrogen and oxygen atoms in total. The molecular weight excluding hydrogens is 311 g/mol. The van der Waals surface area contributed by atoms with E-state index in [4.69, 9.17) is 4.74 Å². The van der Waals surface area contributed by atoms with Gasteiger partial charge in [-0.05, 0) is 37.1 Å². The standard InChI is InChI=1S/C12H13BrF3NO/c13-10-6-8(18-7-12(14,15)16)3-4-9(10)11-2-1-5-17-11/h3-4,6,11,17H,1-2,5,7H2. The Morgan fingerprint density at radius 3 is 2.72 bits per heavy atom. The van der Waals surface area contributed by atoms with Crippen molar-refractivity contribution in [2.45, 2.75) is 25.1 Å². The predicted octanol–water partition coefficient (Wildman–Crippen LogP) is 3.81. The third-order valence-electron chi connectivity index (χ3n) is 2.81. The maximum atomic E-state index is 12.0. The third kappa shape index (κ3) is 3.62. The normalized spacial score (nSPS) is 20.1. The fraction of sp³-hybridized carbons (Fsp3) is 0.500. The number of nitrogens with one attached hydrogen (secondary N) is 1. The van der Waals surface area contributed by atoms with E-state index < -0.39 is 12.8 Å². The van der Waals surface area contributed by atoms with Gasteiger partial charge in [0.15, 0.2) is 6.61 Å². The van der Waals surface area contributed by atoms with Crippen LogP contribution in [0.5, 0.6) is 5.75 Å². The molecule has 2 rings (SSSR count). The van der Waals surface area contributed by atoms with Crippen LogP contribution >= 0.6 is 15.9 Å². The van der Waals surface area contributed by atoms with Crippen molar-refractivity contribution in [1.82, 2.24) is 5.32 Å². The highest BCUT2D eigenvalue weighted by Gasteiger charge is 2.28.